The second kappa shape index (κ2) is 9.47. The van der Waals surface area contributed by atoms with E-state index in [0.29, 0.717) is 0 Å². The predicted molar refractivity (Wildman–Crippen MR) is 85.1 cm³/mol. The van der Waals surface area contributed by atoms with Gasteiger partial charge in [0, 0.05) is 0 Å². The first-order valence-corrected chi connectivity index (χ1v) is 6.88. The fourth-order valence-corrected chi connectivity index (χ4v) is 1.68. The van der Waals surface area contributed by atoms with Gasteiger partial charge in [-0.25, -0.2) is 0 Å². The van der Waals surface area contributed by atoms with Crippen molar-refractivity contribution >= 4 is 0 Å². The van der Waals surface area contributed by atoms with Crippen LogP contribution in [0.15, 0.2) is 54.5 Å². The Hall–Kier alpha value is -1.46. The summed E-state index contributed by atoms with van der Waals surface area (Å²) in [6.45, 7) is 15.8. The molecule has 0 aromatic rings. The Morgan fingerprint density at radius 3 is 2.42 bits per heavy atom. The van der Waals surface area contributed by atoms with Crippen LogP contribution in [0, 0.1) is 0 Å². The lowest BCUT2D eigenvalue weighted by Crippen LogP contribution is -2.22. The smallest absolute Gasteiger partial charge is 0.126 e. The second-order valence-electron chi connectivity index (χ2n) is 5.37. The van der Waals surface area contributed by atoms with Gasteiger partial charge in [-0.15, -0.1) is 0 Å². The number of rotatable bonds is 9. The van der Waals surface area contributed by atoms with Crippen molar-refractivity contribution in [2.75, 3.05) is 0 Å². The first-order valence-electron chi connectivity index (χ1n) is 6.88. The van der Waals surface area contributed by atoms with Gasteiger partial charge in [-0.1, -0.05) is 42.2 Å². The highest BCUT2D eigenvalue weighted by atomic mass is 16.5. The Labute approximate surface area is 119 Å². The molecule has 1 unspecified atom stereocenters. The molecule has 1 heteroatoms. The third kappa shape index (κ3) is 9.16. The quantitative estimate of drug-likeness (QED) is 0.293. The lowest BCUT2D eigenvalue weighted by molar-refractivity contribution is 0.0793. The van der Waals surface area contributed by atoms with E-state index in [1.54, 1.807) is 0 Å². The highest BCUT2D eigenvalue weighted by molar-refractivity contribution is 5.04. The first-order chi connectivity index (χ1) is 8.93. The standard InChI is InChI=1S/C18H28O/c1-7-15-19-18(6,8-2)14-10-13-17(5)12-9-11-16(3)4/h8,11,13,15H,1-2,9-10,12,14H2,3-6H3/b17-13+. The van der Waals surface area contributed by atoms with Crippen LogP contribution in [0.3, 0.4) is 0 Å². The minimum atomic E-state index is -0.332. The molecule has 0 saturated carbocycles. The molecule has 0 aromatic carbocycles. The van der Waals surface area contributed by atoms with E-state index in [0.717, 1.165) is 25.7 Å². The van der Waals surface area contributed by atoms with E-state index in [1.807, 2.05) is 13.0 Å². The van der Waals surface area contributed by atoms with Crippen LogP contribution in [-0.2, 0) is 4.74 Å². The molecule has 0 bridgehead atoms. The molecule has 1 atom stereocenters. The van der Waals surface area contributed by atoms with Crippen molar-refractivity contribution in [2.45, 2.75) is 59.0 Å². The molecule has 0 amide bonds. The van der Waals surface area contributed by atoms with E-state index >= 15 is 0 Å². The molecular formula is C18H28O. The van der Waals surface area contributed by atoms with Gasteiger partial charge < -0.3 is 4.74 Å². The maximum atomic E-state index is 5.57. The zero-order valence-corrected chi connectivity index (χ0v) is 13.0. The van der Waals surface area contributed by atoms with Crippen molar-refractivity contribution < 1.29 is 4.74 Å². The van der Waals surface area contributed by atoms with Crippen molar-refractivity contribution in [1.29, 1.82) is 0 Å². The minimum Gasteiger partial charge on any atom is -0.483 e. The van der Waals surface area contributed by atoms with Crippen molar-refractivity contribution in [3.05, 3.63) is 54.5 Å². The van der Waals surface area contributed by atoms with Gasteiger partial charge in [0.25, 0.3) is 0 Å². The molecular weight excluding hydrogens is 232 g/mol. The third-order valence-electron chi connectivity index (χ3n) is 3.07. The number of hydrogen-bond donors (Lipinski definition) is 0. The fourth-order valence-electron chi connectivity index (χ4n) is 1.68. The summed E-state index contributed by atoms with van der Waals surface area (Å²) >= 11 is 0. The Morgan fingerprint density at radius 1 is 1.21 bits per heavy atom. The monoisotopic (exact) mass is 260 g/mol. The van der Waals surface area contributed by atoms with Crippen LogP contribution >= 0.6 is 0 Å². The topological polar surface area (TPSA) is 9.23 Å². The maximum absolute atomic E-state index is 5.57. The van der Waals surface area contributed by atoms with Crippen molar-refractivity contribution in [2.24, 2.45) is 0 Å². The Morgan fingerprint density at radius 2 is 1.89 bits per heavy atom. The van der Waals surface area contributed by atoms with Crippen LogP contribution in [0.25, 0.3) is 0 Å². The van der Waals surface area contributed by atoms with Crippen LogP contribution in [0.5, 0.6) is 0 Å². The third-order valence-corrected chi connectivity index (χ3v) is 3.07. The summed E-state index contributed by atoms with van der Waals surface area (Å²) in [6, 6.07) is 0. The zero-order chi connectivity index (χ0) is 14.7. The largest absolute Gasteiger partial charge is 0.483 e. The van der Waals surface area contributed by atoms with Crippen LogP contribution < -0.4 is 0 Å². The Bertz CT molecular complexity index is 376. The highest BCUT2D eigenvalue weighted by Crippen LogP contribution is 2.20. The molecule has 0 heterocycles. The first kappa shape index (κ1) is 17.5. The van der Waals surface area contributed by atoms with Crippen molar-refractivity contribution in [1.82, 2.24) is 0 Å². The molecule has 0 rings (SSSR count). The van der Waals surface area contributed by atoms with E-state index in [9.17, 15) is 0 Å². The fraction of sp³-hybridized carbons (Fsp3) is 0.500. The molecule has 19 heavy (non-hydrogen) atoms. The lowest BCUT2D eigenvalue weighted by Gasteiger charge is -2.24. The van der Waals surface area contributed by atoms with E-state index in [4.69, 9.17) is 4.74 Å². The number of allylic oxidation sites excluding steroid dienone is 4. The molecule has 1 nitrogen and oxygen atoms in total. The average molecular weight is 260 g/mol. The van der Waals surface area contributed by atoms with E-state index in [-0.39, 0.29) is 5.60 Å². The summed E-state index contributed by atoms with van der Waals surface area (Å²) in [4.78, 5) is 0. The van der Waals surface area contributed by atoms with Gasteiger partial charge in [0.1, 0.15) is 11.9 Å². The van der Waals surface area contributed by atoms with Gasteiger partial charge in [0.15, 0.2) is 0 Å². The number of ether oxygens (including phenoxy) is 1. The van der Waals surface area contributed by atoms with Gasteiger partial charge in [0.2, 0.25) is 0 Å². The van der Waals surface area contributed by atoms with Crippen LogP contribution in [0.2, 0.25) is 0 Å². The summed E-state index contributed by atoms with van der Waals surface area (Å²) in [5.74, 6) is 0. The predicted octanol–water partition coefficient (Wildman–Crippen LogP) is 5.72. The van der Waals surface area contributed by atoms with Crippen molar-refractivity contribution in [3.8, 4) is 0 Å². The van der Waals surface area contributed by atoms with Gasteiger partial charge in [-0.05, 0) is 59.5 Å². The molecule has 0 aliphatic rings. The van der Waals surface area contributed by atoms with Crippen molar-refractivity contribution in [3.63, 3.8) is 0 Å². The molecule has 0 saturated heterocycles. The zero-order valence-electron chi connectivity index (χ0n) is 13.0. The maximum Gasteiger partial charge on any atom is 0.126 e. The molecule has 0 fully saturated rings. The van der Waals surface area contributed by atoms with Gasteiger partial charge in [0.05, 0.1) is 0 Å². The average Bonchev–Trinajstić information content (AvgIpc) is 2.36. The van der Waals surface area contributed by atoms with Crippen LogP contribution in [0.1, 0.15) is 53.4 Å². The van der Waals surface area contributed by atoms with Gasteiger partial charge in [-0.2, -0.15) is 0 Å². The molecule has 106 valence electrons. The second-order valence-corrected chi connectivity index (χ2v) is 5.37. The Balaban J connectivity index is 4.19. The van der Waals surface area contributed by atoms with Crippen LogP contribution in [0.4, 0.5) is 0 Å². The van der Waals surface area contributed by atoms with Gasteiger partial charge >= 0.3 is 0 Å². The molecule has 0 radical (unpaired) electrons. The summed E-state index contributed by atoms with van der Waals surface area (Å²) in [7, 11) is 0. The summed E-state index contributed by atoms with van der Waals surface area (Å²) < 4.78 is 5.57. The summed E-state index contributed by atoms with van der Waals surface area (Å²) in [5.41, 5.74) is 5.12. The molecule has 0 spiro atoms. The summed E-state index contributed by atoms with van der Waals surface area (Å²) in [5, 5.41) is 0. The minimum absolute atomic E-state index is 0.332. The SMILES string of the molecule is C=C=COC(C)(C=C)CC/C=C(\C)CCC=C(C)C. The number of hydrogen-bond acceptors (Lipinski definition) is 1. The van der Waals surface area contributed by atoms with E-state index in [1.165, 1.54) is 17.4 Å². The van der Waals surface area contributed by atoms with Crippen LogP contribution in [-0.4, -0.2) is 5.60 Å². The van der Waals surface area contributed by atoms with Gasteiger partial charge in [-0.3, -0.25) is 0 Å². The molecule has 0 aliphatic heterocycles. The lowest BCUT2D eigenvalue weighted by atomic mass is 9.98. The normalized spacial score (nSPS) is 14.0. The van der Waals surface area contributed by atoms with E-state index < -0.39 is 0 Å². The molecule has 0 aromatic heterocycles. The Kier molecular flexibility index (Phi) is 8.74. The van der Waals surface area contributed by atoms with E-state index in [2.05, 4.69) is 51.8 Å². The molecule has 0 N–H and O–H groups in total. The highest BCUT2D eigenvalue weighted by Gasteiger charge is 2.19. The summed E-state index contributed by atoms with van der Waals surface area (Å²) in [6.07, 6.45) is 12.1. The molecule has 0 aliphatic carbocycles.